The Labute approximate surface area is 152 Å². The average Bonchev–Trinajstić information content (AvgIpc) is 3.25. The van der Waals surface area contributed by atoms with E-state index in [4.69, 9.17) is 4.74 Å². The van der Waals surface area contributed by atoms with Crippen LogP contribution in [0.5, 0.6) is 5.75 Å². The predicted octanol–water partition coefficient (Wildman–Crippen LogP) is 2.40. The first-order valence-electron chi connectivity index (χ1n) is 8.90. The van der Waals surface area contributed by atoms with E-state index in [-0.39, 0.29) is 23.5 Å². The largest absolute Gasteiger partial charge is 0.490 e. The van der Waals surface area contributed by atoms with Crippen LogP contribution in [-0.2, 0) is 11.2 Å². The number of nitrogens with one attached hydrogen (secondary N) is 1. The number of nitrogens with zero attached hydrogens (tertiary/aromatic N) is 3. The molecule has 2 aromatic rings. The van der Waals surface area contributed by atoms with Crippen LogP contribution in [0.4, 0.5) is 4.39 Å². The molecule has 1 aliphatic heterocycles. The number of likely N-dealkylation sites (tertiary alicyclic amines) is 1. The molecule has 1 unspecified atom stereocenters. The number of H-pyrrole nitrogens is 1. The number of aromatic nitrogens is 2. The molecule has 7 heteroatoms. The quantitative estimate of drug-likeness (QED) is 0.824. The van der Waals surface area contributed by atoms with Crippen LogP contribution in [0.2, 0.25) is 0 Å². The van der Waals surface area contributed by atoms with Crippen molar-refractivity contribution < 1.29 is 13.9 Å². The molecule has 1 N–H and O–H groups in total. The molecule has 0 saturated carbocycles. The van der Waals surface area contributed by atoms with E-state index in [0.29, 0.717) is 19.6 Å². The molecule has 0 aliphatic carbocycles. The van der Waals surface area contributed by atoms with Crippen molar-refractivity contribution in [3.8, 4) is 5.75 Å². The summed E-state index contributed by atoms with van der Waals surface area (Å²) < 4.78 is 19.0. The second kappa shape index (κ2) is 8.31. The zero-order valence-corrected chi connectivity index (χ0v) is 15.2. The molecule has 140 valence electrons. The van der Waals surface area contributed by atoms with Crippen LogP contribution in [0.3, 0.4) is 0 Å². The summed E-state index contributed by atoms with van der Waals surface area (Å²) in [5.74, 6) is 0.00677. The first kappa shape index (κ1) is 18.4. The molecule has 3 rings (SSSR count). The number of hydrogen-bond acceptors (Lipinski definition) is 4. The summed E-state index contributed by atoms with van der Waals surface area (Å²) in [5, 5.41) is 7.46. The lowest BCUT2D eigenvalue weighted by Crippen LogP contribution is -2.36. The topological polar surface area (TPSA) is 61.5 Å². The Balaban J connectivity index is 1.55. The molecule has 0 spiro atoms. The number of hydrogen-bond donors (Lipinski definition) is 1. The zero-order chi connectivity index (χ0) is 18.5. The molecule has 1 aromatic heterocycles. The Morgan fingerprint density at radius 2 is 2.23 bits per heavy atom. The Morgan fingerprint density at radius 3 is 3.00 bits per heavy atom. The third-order valence-corrected chi connectivity index (χ3v) is 4.66. The molecular weight excluding hydrogens is 335 g/mol. The summed E-state index contributed by atoms with van der Waals surface area (Å²) in [6.45, 7) is 1.69. The van der Waals surface area contributed by atoms with Gasteiger partial charge in [-0.2, -0.15) is 5.10 Å². The minimum Gasteiger partial charge on any atom is -0.490 e. The number of aromatic amines is 1. The van der Waals surface area contributed by atoms with E-state index in [1.807, 2.05) is 6.07 Å². The molecule has 2 heterocycles. The summed E-state index contributed by atoms with van der Waals surface area (Å²) in [4.78, 5) is 15.8. The van der Waals surface area contributed by atoms with Crippen LogP contribution in [-0.4, -0.2) is 59.7 Å². The number of carbonyl (C=O) groups excluding carboxylic acids is 1. The minimum absolute atomic E-state index is 0.103. The van der Waals surface area contributed by atoms with Crippen molar-refractivity contribution in [1.82, 2.24) is 20.0 Å². The highest BCUT2D eigenvalue weighted by molar-refractivity contribution is 5.77. The summed E-state index contributed by atoms with van der Waals surface area (Å²) in [6.07, 6.45) is 2.67. The van der Waals surface area contributed by atoms with Gasteiger partial charge in [0.1, 0.15) is 0 Å². The molecule has 0 radical (unpaired) electrons. The minimum atomic E-state index is -0.357. The standard InChI is InChI=1S/C19H25FN4O2/c1-23(2)19(25)13-24-10-5-7-17(24)16-12-14(21-22-16)9-11-26-18-8-4-3-6-15(18)20/h3-4,6,8,12,17H,5,7,9-11,13H2,1-2H3,(H,21,22). The van der Waals surface area contributed by atoms with Crippen molar-refractivity contribution in [2.24, 2.45) is 0 Å². The molecule has 1 aromatic carbocycles. The van der Waals surface area contributed by atoms with Gasteiger partial charge in [0.25, 0.3) is 0 Å². The summed E-state index contributed by atoms with van der Waals surface area (Å²) in [7, 11) is 3.55. The summed E-state index contributed by atoms with van der Waals surface area (Å²) in [6, 6.07) is 8.57. The highest BCUT2D eigenvalue weighted by atomic mass is 19.1. The number of benzene rings is 1. The fraction of sp³-hybridized carbons (Fsp3) is 0.474. The Hall–Kier alpha value is -2.41. The molecule has 6 nitrogen and oxygen atoms in total. The van der Waals surface area contributed by atoms with E-state index in [0.717, 1.165) is 30.8 Å². The molecule has 1 atom stereocenters. The highest BCUT2D eigenvalue weighted by Crippen LogP contribution is 2.30. The molecular formula is C19H25FN4O2. The van der Waals surface area contributed by atoms with Gasteiger partial charge in [-0.15, -0.1) is 0 Å². The molecule has 1 saturated heterocycles. The molecule has 26 heavy (non-hydrogen) atoms. The lowest BCUT2D eigenvalue weighted by molar-refractivity contribution is -0.130. The first-order valence-corrected chi connectivity index (χ1v) is 8.90. The van der Waals surface area contributed by atoms with E-state index in [1.165, 1.54) is 6.07 Å². The molecule has 1 fully saturated rings. The van der Waals surface area contributed by atoms with E-state index in [2.05, 4.69) is 15.1 Å². The molecule has 0 bridgehead atoms. The van der Waals surface area contributed by atoms with Gasteiger partial charge in [-0.05, 0) is 37.6 Å². The van der Waals surface area contributed by atoms with Gasteiger partial charge in [-0.25, -0.2) is 4.39 Å². The van der Waals surface area contributed by atoms with Crippen LogP contribution in [0, 0.1) is 5.82 Å². The number of amides is 1. The lowest BCUT2D eigenvalue weighted by Gasteiger charge is -2.23. The van der Waals surface area contributed by atoms with Crippen molar-refractivity contribution in [2.45, 2.75) is 25.3 Å². The van der Waals surface area contributed by atoms with Crippen molar-refractivity contribution in [3.63, 3.8) is 0 Å². The number of halogens is 1. The third kappa shape index (κ3) is 4.40. The van der Waals surface area contributed by atoms with Crippen LogP contribution in [0.15, 0.2) is 30.3 Å². The third-order valence-electron chi connectivity index (χ3n) is 4.66. The van der Waals surface area contributed by atoms with Gasteiger partial charge in [-0.1, -0.05) is 12.1 Å². The number of rotatable bonds is 7. The van der Waals surface area contributed by atoms with Gasteiger partial charge < -0.3 is 9.64 Å². The number of carbonyl (C=O) groups is 1. The van der Waals surface area contributed by atoms with Gasteiger partial charge in [0, 0.05) is 26.2 Å². The van der Waals surface area contributed by atoms with Gasteiger partial charge >= 0.3 is 0 Å². The van der Waals surface area contributed by atoms with Crippen molar-refractivity contribution in [2.75, 3.05) is 33.8 Å². The number of para-hydroxylation sites is 1. The first-order chi connectivity index (χ1) is 12.5. The van der Waals surface area contributed by atoms with Gasteiger partial charge in [0.15, 0.2) is 11.6 Å². The zero-order valence-electron chi connectivity index (χ0n) is 15.2. The fourth-order valence-electron chi connectivity index (χ4n) is 3.18. The maximum absolute atomic E-state index is 13.5. The predicted molar refractivity (Wildman–Crippen MR) is 96.4 cm³/mol. The van der Waals surface area contributed by atoms with E-state index in [9.17, 15) is 9.18 Å². The van der Waals surface area contributed by atoms with E-state index >= 15 is 0 Å². The van der Waals surface area contributed by atoms with E-state index in [1.54, 1.807) is 37.2 Å². The van der Waals surface area contributed by atoms with Crippen LogP contribution < -0.4 is 4.74 Å². The average molecular weight is 360 g/mol. The Kier molecular flexibility index (Phi) is 5.88. The maximum Gasteiger partial charge on any atom is 0.236 e. The highest BCUT2D eigenvalue weighted by Gasteiger charge is 2.29. The second-order valence-electron chi connectivity index (χ2n) is 6.76. The maximum atomic E-state index is 13.5. The lowest BCUT2D eigenvalue weighted by atomic mass is 10.1. The van der Waals surface area contributed by atoms with Crippen molar-refractivity contribution >= 4 is 5.91 Å². The van der Waals surface area contributed by atoms with Crippen molar-refractivity contribution in [3.05, 3.63) is 47.5 Å². The molecule has 1 aliphatic rings. The van der Waals surface area contributed by atoms with E-state index < -0.39 is 0 Å². The SMILES string of the molecule is CN(C)C(=O)CN1CCCC1c1cc(CCOc2ccccc2F)[nH]n1. The van der Waals surface area contributed by atoms with Gasteiger partial charge in [0.2, 0.25) is 5.91 Å². The van der Waals surface area contributed by atoms with Crippen molar-refractivity contribution in [1.29, 1.82) is 0 Å². The van der Waals surface area contributed by atoms with Gasteiger partial charge in [0.05, 0.1) is 24.9 Å². The number of ether oxygens (including phenoxy) is 1. The second-order valence-corrected chi connectivity index (χ2v) is 6.76. The van der Waals surface area contributed by atoms with Crippen LogP contribution in [0.25, 0.3) is 0 Å². The Morgan fingerprint density at radius 1 is 1.42 bits per heavy atom. The van der Waals surface area contributed by atoms with Crippen LogP contribution in [0.1, 0.15) is 30.3 Å². The van der Waals surface area contributed by atoms with Crippen LogP contribution >= 0.6 is 0 Å². The fourth-order valence-corrected chi connectivity index (χ4v) is 3.18. The van der Waals surface area contributed by atoms with Gasteiger partial charge in [-0.3, -0.25) is 14.8 Å². The Bertz CT molecular complexity index is 747. The normalized spacial score (nSPS) is 17.4. The summed E-state index contributed by atoms with van der Waals surface area (Å²) in [5.41, 5.74) is 1.90. The summed E-state index contributed by atoms with van der Waals surface area (Å²) >= 11 is 0. The number of likely N-dealkylation sites (N-methyl/N-ethyl adjacent to an activating group) is 1. The monoisotopic (exact) mass is 360 g/mol. The smallest absolute Gasteiger partial charge is 0.236 e. The molecule has 1 amide bonds.